The van der Waals surface area contributed by atoms with Gasteiger partial charge in [0.15, 0.2) is 0 Å². The molecule has 0 fully saturated rings. The van der Waals surface area contributed by atoms with Crippen LogP contribution in [0.25, 0.3) is 0 Å². The second-order valence-electron chi connectivity index (χ2n) is 7.16. The van der Waals surface area contributed by atoms with Gasteiger partial charge >= 0.3 is 0 Å². The van der Waals surface area contributed by atoms with Crippen LogP contribution < -0.4 is 16.2 Å². The van der Waals surface area contributed by atoms with Gasteiger partial charge in [0.05, 0.1) is 0 Å². The molecule has 0 atom stereocenters. The van der Waals surface area contributed by atoms with Crippen LogP contribution in [-0.4, -0.2) is 15.5 Å². The smallest absolute Gasteiger partial charge is 0.255 e. The highest BCUT2D eigenvalue weighted by atomic mass is 19.1. The molecule has 0 saturated carbocycles. The van der Waals surface area contributed by atoms with E-state index in [1.165, 1.54) is 16.7 Å². The molecule has 0 bridgehead atoms. The Labute approximate surface area is 168 Å². The van der Waals surface area contributed by atoms with Gasteiger partial charge in [-0.3, -0.25) is 14.2 Å². The van der Waals surface area contributed by atoms with Crippen LogP contribution in [0.4, 0.5) is 21.7 Å². The van der Waals surface area contributed by atoms with E-state index in [-0.39, 0.29) is 18.1 Å². The van der Waals surface area contributed by atoms with Gasteiger partial charge in [-0.2, -0.15) is 0 Å². The molecule has 0 aliphatic carbocycles. The number of hydrogen-bond donors (Lipinski definition) is 2. The number of hydrogen-bond acceptors (Lipinski definition) is 4. The van der Waals surface area contributed by atoms with Crippen LogP contribution in [-0.2, 0) is 11.3 Å². The van der Waals surface area contributed by atoms with Crippen LogP contribution in [0.1, 0.15) is 22.4 Å². The summed E-state index contributed by atoms with van der Waals surface area (Å²) in [4.78, 5) is 29.4. The van der Waals surface area contributed by atoms with Gasteiger partial charge in [0, 0.05) is 23.1 Å². The van der Waals surface area contributed by atoms with E-state index >= 15 is 0 Å². The molecule has 29 heavy (non-hydrogen) atoms. The molecule has 1 amide bonds. The molecular formula is C22H23FN4O2. The lowest BCUT2D eigenvalue weighted by atomic mass is 10.1. The monoisotopic (exact) mass is 394 g/mol. The highest BCUT2D eigenvalue weighted by Crippen LogP contribution is 2.18. The maximum Gasteiger partial charge on any atom is 0.255 e. The first-order chi connectivity index (χ1) is 13.7. The molecule has 2 N–H and O–H groups in total. The van der Waals surface area contributed by atoms with E-state index in [1.54, 1.807) is 26.0 Å². The summed E-state index contributed by atoms with van der Waals surface area (Å²) in [6.07, 6.45) is 0. The summed E-state index contributed by atoms with van der Waals surface area (Å²) in [6, 6.07) is 11.7. The van der Waals surface area contributed by atoms with Gasteiger partial charge in [-0.15, -0.1) is 0 Å². The molecule has 0 aliphatic rings. The Morgan fingerprint density at radius 1 is 1.00 bits per heavy atom. The molecule has 1 aromatic heterocycles. The Kier molecular flexibility index (Phi) is 5.77. The molecule has 0 spiro atoms. The number of nitrogens with one attached hydrogen (secondary N) is 2. The van der Waals surface area contributed by atoms with Crippen LogP contribution in [0.5, 0.6) is 0 Å². The van der Waals surface area contributed by atoms with E-state index in [9.17, 15) is 14.0 Å². The minimum atomic E-state index is -0.454. The summed E-state index contributed by atoms with van der Waals surface area (Å²) in [6.45, 7) is 7.05. The van der Waals surface area contributed by atoms with Crippen molar-refractivity contribution < 1.29 is 9.18 Å². The maximum atomic E-state index is 13.7. The van der Waals surface area contributed by atoms with Crippen molar-refractivity contribution in [2.75, 3.05) is 10.6 Å². The van der Waals surface area contributed by atoms with E-state index in [0.717, 1.165) is 16.8 Å². The van der Waals surface area contributed by atoms with Gasteiger partial charge < -0.3 is 10.6 Å². The number of carbonyl (C=O) groups is 1. The van der Waals surface area contributed by atoms with Crippen LogP contribution in [0.2, 0.25) is 0 Å². The van der Waals surface area contributed by atoms with Gasteiger partial charge in [-0.25, -0.2) is 9.37 Å². The number of rotatable bonds is 5. The first-order valence-electron chi connectivity index (χ1n) is 9.21. The lowest BCUT2D eigenvalue weighted by Gasteiger charge is -2.15. The summed E-state index contributed by atoms with van der Waals surface area (Å²) in [5, 5.41) is 5.75. The Balaban J connectivity index is 1.87. The van der Waals surface area contributed by atoms with E-state index in [0.29, 0.717) is 16.9 Å². The number of nitrogens with zero attached hydrogens (tertiary/aromatic N) is 2. The van der Waals surface area contributed by atoms with E-state index in [2.05, 4.69) is 15.6 Å². The van der Waals surface area contributed by atoms with Crippen molar-refractivity contribution in [1.82, 2.24) is 9.55 Å². The Morgan fingerprint density at radius 3 is 2.34 bits per heavy atom. The lowest BCUT2D eigenvalue weighted by molar-refractivity contribution is -0.116. The number of carbonyl (C=O) groups excluding carboxylic acids is 1. The summed E-state index contributed by atoms with van der Waals surface area (Å²) < 4.78 is 15.0. The van der Waals surface area contributed by atoms with Crippen LogP contribution >= 0.6 is 0 Å². The predicted octanol–water partition coefficient (Wildman–Crippen LogP) is 4.00. The highest BCUT2D eigenvalue weighted by Gasteiger charge is 2.13. The molecule has 3 rings (SSSR count). The summed E-state index contributed by atoms with van der Waals surface area (Å²) in [5.41, 5.74) is 3.90. The average molecular weight is 394 g/mol. The van der Waals surface area contributed by atoms with Crippen LogP contribution in [0.15, 0.2) is 47.3 Å². The van der Waals surface area contributed by atoms with Crippen molar-refractivity contribution in [1.29, 1.82) is 0 Å². The minimum Gasteiger partial charge on any atom is -0.325 e. The third-order valence-electron chi connectivity index (χ3n) is 4.37. The standard InChI is InChI=1S/C22H23FN4O2/c1-13-7-14(2)9-18(8-13)26-22-24-16(4)10-21(29)27(22)12-20(28)25-17-6-5-15(3)19(23)11-17/h5-11H,12H2,1-4H3,(H,24,26)(H,25,28). The van der Waals surface area contributed by atoms with Crippen LogP contribution in [0, 0.1) is 33.5 Å². The normalized spacial score (nSPS) is 10.7. The molecule has 0 radical (unpaired) electrons. The maximum absolute atomic E-state index is 13.7. The van der Waals surface area contributed by atoms with Crippen LogP contribution in [0.3, 0.4) is 0 Å². The summed E-state index contributed by atoms with van der Waals surface area (Å²) in [7, 11) is 0. The predicted molar refractivity (Wildman–Crippen MR) is 112 cm³/mol. The van der Waals surface area contributed by atoms with E-state index in [1.807, 2.05) is 32.0 Å². The zero-order valence-corrected chi connectivity index (χ0v) is 16.8. The second kappa shape index (κ2) is 8.26. The van der Waals surface area contributed by atoms with Gasteiger partial charge in [-0.1, -0.05) is 12.1 Å². The Hall–Kier alpha value is -3.48. The summed E-state index contributed by atoms with van der Waals surface area (Å²) in [5.74, 6) is -0.594. The summed E-state index contributed by atoms with van der Waals surface area (Å²) >= 11 is 0. The van der Waals surface area contributed by atoms with Crippen molar-refractivity contribution in [2.24, 2.45) is 0 Å². The molecule has 6 nitrogen and oxygen atoms in total. The first kappa shape index (κ1) is 20.3. The van der Waals surface area contributed by atoms with E-state index in [4.69, 9.17) is 0 Å². The average Bonchev–Trinajstić information content (AvgIpc) is 2.60. The third kappa shape index (κ3) is 5.07. The number of halogens is 1. The SMILES string of the molecule is Cc1cc(C)cc(Nc2nc(C)cc(=O)n2CC(=O)Nc2ccc(C)c(F)c2)c1. The molecule has 150 valence electrons. The minimum absolute atomic E-state index is 0.255. The van der Waals surface area contributed by atoms with Crippen molar-refractivity contribution in [3.8, 4) is 0 Å². The molecule has 3 aromatic rings. The van der Waals surface area contributed by atoms with Crippen molar-refractivity contribution in [3.05, 3.63) is 81.0 Å². The van der Waals surface area contributed by atoms with Gasteiger partial charge in [0.1, 0.15) is 12.4 Å². The van der Waals surface area contributed by atoms with Gasteiger partial charge in [-0.05, 0) is 68.7 Å². The first-order valence-corrected chi connectivity index (χ1v) is 9.21. The fraction of sp³-hybridized carbons (Fsp3) is 0.227. The Bertz CT molecular complexity index is 1120. The highest BCUT2D eigenvalue weighted by molar-refractivity contribution is 5.90. The topological polar surface area (TPSA) is 76.0 Å². The molecule has 1 heterocycles. The molecule has 0 aliphatic heterocycles. The number of aryl methyl sites for hydroxylation is 4. The molecule has 2 aromatic carbocycles. The fourth-order valence-electron chi connectivity index (χ4n) is 3.06. The number of aromatic nitrogens is 2. The Morgan fingerprint density at radius 2 is 1.69 bits per heavy atom. The molecule has 0 unspecified atom stereocenters. The van der Waals surface area contributed by atoms with Gasteiger partial charge in [0.25, 0.3) is 5.56 Å². The number of amides is 1. The van der Waals surface area contributed by atoms with Crippen molar-refractivity contribution in [2.45, 2.75) is 34.2 Å². The van der Waals surface area contributed by atoms with E-state index < -0.39 is 11.7 Å². The third-order valence-corrected chi connectivity index (χ3v) is 4.37. The zero-order chi connectivity index (χ0) is 21.1. The van der Waals surface area contributed by atoms with Crippen molar-refractivity contribution >= 4 is 23.2 Å². The number of benzene rings is 2. The molecular weight excluding hydrogens is 371 g/mol. The number of anilines is 3. The largest absolute Gasteiger partial charge is 0.325 e. The second-order valence-corrected chi connectivity index (χ2v) is 7.16. The molecule has 7 heteroatoms. The fourth-order valence-corrected chi connectivity index (χ4v) is 3.06. The zero-order valence-electron chi connectivity index (χ0n) is 16.8. The lowest BCUT2D eigenvalue weighted by Crippen LogP contribution is -2.30. The quantitative estimate of drug-likeness (QED) is 0.686. The van der Waals surface area contributed by atoms with Gasteiger partial charge in [0.2, 0.25) is 11.9 Å². The molecule has 0 saturated heterocycles. The van der Waals surface area contributed by atoms with Crippen molar-refractivity contribution in [3.63, 3.8) is 0 Å².